The lowest BCUT2D eigenvalue weighted by atomic mass is 10.1. The molecule has 0 aliphatic carbocycles. The van der Waals surface area contributed by atoms with Gasteiger partial charge in [0.05, 0.1) is 24.3 Å². The van der Waals surface area contributed by atoms with E-state index in [0.717, 1.165) is 6.07 Å². The topological polar surface area (TPSA) is 122 Å². The van der Waals surface area contributed by atoms with Crippen LogP contribution in [0.15, 0.2) is 18.2 Å². The van der Waals surface area contributed by atoms with Gasteiger partial charge in [0.25, 0.3) is 0 Å². The van der Waals surface area contributed by atoms with Crippen LogP contribution in [0.3, 0.4) is 0 Å². The first-order valence-corrected chi connectivity index (χ1v) is 6.94. The van der Waals surface area contributed by atoms with Gasteiger partial charge < -0.3 is 25.0 Å². The van der Waals surface area contributed by atoms with Crippen molar-refractivity contribution in [3.05, 3.63) is 29.3 Å². The first-order valence-electron chi connectivity index (χ1n) is 6.94. The molecule has 0 aliphatic heterocycles. The maximum Gasteiger partial charge on any atom is 0.407 e. The van der Waals surface area contributed by atoms with Crippen molar-refractivity contribution < 1.29 is 34.1 Å². The minimum atomic E-state index is -1.26. The zero-order chi connectivity index (χ0) is 17.4. The van der Waals surface area contributed by atoms with E-state index in [1.54, 1.807) is 0 Å². The van der Waals surface area contributed by atoms with Gasteiger partial charge in [0, 0.05) is 0 Å². The van der Waals surface area contributed by atoms with Crippen molar-refractivity contribution >= 4 is 18.0 Å². The summed E-state index contributed by atoms with van der Waals surface area (Å²) >= 11 is 0. The summed E-state index contributed by atoms with van der Waals surface area (Å²) in [4.78, 5) is 33.2. The predicted molar refractivity (Wildman–Crippen MR) is 80.0 cm³/mol. The molecule has 8 nitrogen and oxygen atoms in total. The number of hydrogen-bond acceptors (Lipinski definition) is 5. The molecule has 126 valence electrons. The lowest BCUT2D eigenvalue weighted by Crippen LogP contribution is -2.29. The Bertz CT molecular complexity index is 551. The lowest BCUT2D eigenvalue weighted by molar-refractivity contribution is 0.0696. The fourth-order valence-electron chi connectivity index (χ4n) is 1.54. The molecule has 1 aromatic carbocycles. The van der Waals surface area contributed by atoms with Crippen molar-refractivity contribution in [1.29, 1.82) is 0 Å². The van der Waals surface area contributed by atoms with Crippen molar-refractivity contribution in [2.75, 3.05) is 19.8 Å². The Balaban J connectivity index is 2.52. The molecule has 0 aliphatic rings. The molecule has 0 saturated carbocycles. The molecule has 0 spiro atoms. The third-order valence-corrected chi connectivity index (χ3v) is 2.59. The highest BCUT2D eigenvalue weighted by Crippen LogP contribution is 2.17. The molecular weight excluding hydrogens is 306 g/mol. The maximum atomic E-state index is 11.3. The molecule has 0 radical (unpaired) electrons. The van der Waals surface area contributed by atoms with Gasteiger partial charge in [-0.25, -0.2) is 14.4 Å². The van der Waals surface area contributed by atoms with Crippen molar-refractivity contribution in [2.45, 2.75) is 13.8 Å². The summed E-state index contributed by atoms with van der Waals surface area (Å²) in [7, 11) is 0. The van der Waals surface area contributed by atoms with Gasteiger partial charge in [-0.05, 0) is 24.1 Å². The fraction of sp³-hybridized carbons (Fsp3) is 0.400. The van der Waals surface area contributed by atoms with Gasteiger partial charge in [-0.2, -0.15) is 0 Å². The van der Waals surface area contributed by atoms with E-state index in [1.807, 2.05) is 13.8 Å². The maximum absolute atomic E-state index is 11.3. The Labute approximate surface area is 133 Å². The minimum Gasteiger partial charge on any atom is -0.492 e. The molecule has 8 heteroatoms. The molecule has 0 heterocycles. The summed E-state index contributed by atoms with van der Waals surface area (Å²) in [5.74, 6) is -2.19. The van der Waals surface area contributed by atoms with Crippen LogP contribution in [0.25, 0.3) is 0 Å². The number of rotatable bonds is 8. The lowest BCUT2D eigenvalue weighted by Gasteiger charge is -2.10. The monoisotopic (exact) mass is 325 g/mol. The summed E-state index contributed by atoms with van der Waals surface area (Å²) < 4.78 is 10.2. The van der Waals surface area contributed by atoms with Crippen molar-refractivity contribution in [3.63, 3.8) is 0 Å². The minimum absolute atomic E-state index is 0.0406. The van der Waals surface area contributed by atoms with Gasteiger partial charge in [0.2, 0.25) is 0 Å². The predicted octanol–water partition coefficient (Wildman–Crippen LogP) is 1.84. The smallest absolute Gasteiger partial charge is 0.407 e. The van der Waals surface area contributed by atoms with Crippen LogP contribution in [0.2, 0.25) is 0 Å². The van der Waals surface area contributed by atoms with Gasteiger partial charge in [0.1, 0.15) is 12.4 Å². The Morgan fingerprint density at radius 2 is 1.65 bits per heavy atom. The zero-order valence-corrected chi connectivity index (χ0v) is 12.9. The second-order valence-electron chi connectivity index (χ2n) is 5.12. The molecule has 0 fully saturated rings. The molecule has 3 N–H and O–H groups in total. The first-order chi connectivity index (χ1) is 10.8. The van der Waals surface area contributed by atoms with Crippen LogP contribution in [0.1, 0.15) is 34.6 Å². The van der Waals surface area contributed by atoms with Gasteiger partial charge in [-0.1, -0.05) is 13.8 Å². The van der Waals surface area contributed by atoms with E-state index in [0.29, 0.717) is 6.61 Å². The Hall–Kier alpha value is -2.77. The van der Waals surface area contributed by atoms with Crippen LogP contribution in [0.4, 0.5) is 4.79 Å². The van der Waals surface area contributed by atoms with Crippen molar-refractivity contribution in [2.24, 2.45) is 5.92 Å². The Kier molecular flexibility index (Phi) is 6.85. The number of carboxylic acids is 2. The number of benzene rings is 1. The molecule has 0 unspecified atom stereocenters. The molecule has 0 saturated heterocycles. The van der Waals surface area contributed by atoms with Crippen LogP contribution < -0.4 is 10.1 Å². The largest absolute Gasteiger partial charge is 0.492 e. The van der Waals surface area contributed by atoms with E-state index in [4.69, 9.17) is 19.7 Å². The standard InChI is InChI=1S/C15H19NO7/c1-9(2)8-23-15(21)16-3-4-22-12-6-10(13(17)18)5-11(7-12)14(19)20/h5-7,9H,3-4,8H2,1-2H3,(H,16,21)(H,17,18)(H,19,20). The van der Waals surface area contributed by atoms with Crippen LogP contribution in [0.5, 0.6) is 5.75 Å². The number of ether oxygens (including phenoxy) is 2. The molecule has 0 atom stereocenters. The fourth-order valence-corrected chi connectivity index (χ4v) is 1.54. The Morgan fingerprint density at radius 3 is 2.13 bits per heavy atom. The SMILES string of the molecule is CC(C)COC(=O)NCCOc1cc(C(=O)O)cc(C(=O)O)c1. The summed E-state index contributed by atoms with van der Waals surface area (Å²) in [5.41, 5.74) is -0.381. The third-order valence-electron chi connectivity index (χ3n) is 2.59. The van der Waals surface area contributed by atoms with E-state index in [-0.39, 0.29) is 35.9 Å². The average Bonchev–Trinajstić information content (AvgIpc) is 2.49. The number of amides is 1. The second kappa shape index (κ2) is 8.62. The van der Waals surface area contributed by atoms with Gasteiger partial charge in [0.15, 0.2) is 0 Å². The van der Waals surface area contributed by atoms with Crippen molar-refractivity contribution in [3.8, 4) is 5.75 Å². The van der Waals surface area contributed by atoms with E-state index in [1.165, 1.54) is 12.1 Å². The van der Waals surface area contributed by atoms with E-state index in [2.05, 4.69) is 5.32 Å². The number of carbonyl (C=O) groups is 3. The van der Waals surface area contributed by atoms with Crippen LogP contribution in [0, 0.1) is 5.92 Å². The Morgan fingerprint density at radius 1 is 1.09 bits per heavy atom. The number of aromatic carboxylic acids is 2. The third kappa shape index (κ3) is 6.68. The molecule has 1 amide bonds. The average molecular weight is 325 g/mol. The highest BCUT2D eigenvalue weighted by atomic mass is 16.5. The van der Waals surface area contributed by atoms with Crippen molar-refractivity contribution in [1.82, 2.24) is 5.32 Å². The number of carbonyl (C=O) groups excluding carboxylic acids is 1. The normalized spacial score (nSPS) is 10.2. The molecule has 1 rings (SSSR count). The number of alkyl carbamates (subject to hydrolysis) is 1. The molecular formula is C15H19NO7. The number of nitrogens with one attached hydrogen (secondary N) is 1. The summed E-state index contributed by atoms with van der Waals surface area (Å²) in [6.07, 6.45) is -0.576. The van der Waals surface area contributed by atoms with Crippen LogP contribution >= 0.6 is 0 Å². The van der Waals surface area contributed by atoms with E-state index >= 15 is 0 Å². The van der Waals surface area contributed by atoms with E-state index < -0.39 is 18.0 Å². The zero-order valence-electron chi connectivity index (χ0n) is 12.9. The van der Waals surface area contributed by atoms with Gasteiger partial charge in [-0.3, -0.25) is 0 Å². The molecule has 0 aromatic heterocycles. The number of hydrogen-bond donors (Lipinski definition) is 3. The van der Waals surface area contributed by atoms with Gasteiger partial charge in [-0.15, -0.1) is 0 Å². The quantitative estimate of drug-likeness (QED) is 0.623. The molecule has 23 heavy (non-hydrogen) atoms. The van der Waals surface area contributed by atoms with Gasteiger partial charge >= 0.3 is 18.0 Å². The first kappa shape index (κ1) is 18.3. The summed E-state index contributed by atoms with van der Waals surface area (Å²) in [5, 5.41) is 20.3. The summed E-state index contributed by atoms with van der Waals surface area (Å²) in [6.45, 7) is 4.29. The number of carboxylic acid groups (broad SMARTS) is 2. The second-order valence-corrected chi connectivity index (χ2v) is 5.12. The van der Waals surface area contributed by atoms with Crippen LogP contribution in [-0.4, -0.2) is 48.0 Å². The summed E-state index contributed by atoms with van der Waals surface area (Å²) in [6, 6.07) is 3.47. The molecule has 1 aromatic rings. The molecule has 0 bridgehead atoms. The van der Waals surface area contributed by atoms with E-state index in [9.17, 15) is 14.4 Å². The van der Waals surface area contributed by atoms with Crippen LogP contribution in [-0.2, 0) is 4.74 Å². The highest BCUT2D eigenvalue weighted by Gasteiger charge is 2.12. The highest BCUT2D eigenvalue weighted by molar-refractivity contribution is 5.94.